The van der Waals surface area contributed by atoms with E-state index in [9.17, 15) is 18.0 Å². The first kappa shape index (κ1) is 29.5. The minimum atomic E-state index is -3.64. The lowest BCUT2D eigenvalue weighted by molar-refractivity contribution is -0.142. The van der Waals surface area contributed by atoms with Crippen molar-refractivity contribution in [1.82, 2.24) is 19.5 Å². The van der Waals surface area contributed by atoms with Crippen LogP contribution in [0.4, 0.5) is 0 Å². The van der Waals surface area contributed by atoms with Crippen molar-refractivity contribution in [2.24, 2.45) is 0 Å². The van der Waals surface area contributed by atoms with E-state index in [1.807, 2.05) is 0 Å². The maximum atomic E-state index is 13.3. The smallest absolute Gasteiger partial charge is 0.261 e. The van der Waals surface area contributed by atoms with Crippen molar-refractivity contribution in [2.75, 3.05) is 32.9 Å². The number of nitrogens with one attached hydrogen (secondary N) is 1. The Kier molecular flexibility index (Phi) is 10.1. The number of ether oxygens (including phenoxy) is 2. The summed E-state index contributed by atoms with van der Waals surface area (Å²) in [5, 5.41) is 3.42. The van der Waals surface area contributed by atoms with Gasteiger partial charge in [0, 0.05) is 43.6 Å². The van der Waals surface area contributed by atoms with Gasteiger partial charge in [-0.05, 0) is 66.6 Å². The van der Waals surface area contributed by atoms with Crippen molar-refractivity contribution in [1.29, 1.82) is 0 Å². The fourth-order valence-electron chi connectivity index (χ4n) is 4.08. The molecule has 1 aliphatic heterocycles. The predicted octanol–water partition coefficient (Wildman–Crippen LogP) is 2.87. The average molecular weight is 587 g/mol. The molecule has 1 unspecified atom stereocenters. The molecule has 1 aliphatic rings. The summed E-state index contributed by atoms with van der Waals surface area (Å²) < 4.78 is 38.0. The summed E-state index contributed by atoms with van der Waals surface area (Å²) in [6.07, 6.45) is 3.28. The van der Waals surface area contributed by atoms with Crippen LogP contribution >= 0.6 is 11.6 Å². The number of benzene rings is 2. The molecule has 10 nitrogen and oxygen atoms in total. The molecule has 1 aromatic heterocycles. The van der Waals surface area contributed by atoms with Gasteiger partial charge in [-0.1, -0.05) is 23.7 Å². The van der Waals surface area contributed by atoms with E-state index in [1.165, 1.54) is 33.5 Å². The summed E-state index contributed by atoms with van der Waals surface area (Å²) in [6, 6.07) is 15.7. The van der Waals surface area contributed by atoms with Crippen molar-refractivity contribution in [3.8, 4) is 5.75 Å². The van der Waals surface area contributed by atoms with Crippen molar-refractivity contribution in [3.63, 3.8) is 0 Å². The molecular formula is C28H31ClN4O6S. The van der Waals surface area contributed by atoms with Crippen molar-refractivity contribution < 1.29 is 27.5 Å². The molecule has 2 aromatic carbocycles. The van der Waals surface area contributed by atoms with Crippen LogP contribution in [0, 0.1) is 0 Å². The van der Waals surface area contributed by atoms with E-state index in [1.54, 1.807) is 55.7 Å². The van der Waals surface area contributed by atoms with Gasteiger partial charge in [0.15, 0.2) is 6.61 Å². The lowest BCUT2D eigenvalue weighted by Gasteiger charge is -2.29. The quantitative estimate of drug-likeness (QED) is 0.367. The molecule has 1 saturated heterocycles. The number of hydrogen-bond acceptors (Lipinski definition) is 7. The van der Waals surface area contributed by atoms with Crippen LogP contribution in [-0.4, -0.2) is 73.4 Å². The first-order chi connectivity index (χ1) is 19.2. The fourth-order valence-corrected chi connectivity index (χ4v) is 5.61. The number of aromatic nitrogens is 1. The second-order valence-electron chi connectivity index (χ2n) is 9.17. The Morgan fingerprint density at radius 2 is 1.68 bits per heavy atom. The van der Waals surface area contributed by atoms with Crippen molar-refractivity contribution >= 4 is 33.4 Å². The molecule has 4 rings (SSSR count). The number of carbonyl (C=O) groups is 2. The Bertz CT molecular complexity index is 1380. The van der Waals surface area contributed by atoms with Crippen LogP contribution in [0.25, 0.3) is 0 Å². The Hall–Kier alpha value is -3.51. The minimum absolute atomic E-state index is 0.136. The number of rotatable bonds is 11. The van der Waals surface area contributed by atoms with Gasteiger partial charge in [-0.15, -0.1) is 0 Å². The van der Waals surface area contributed by atoms with Crippen LogP contribution in [0.3, 0.4) is 0 Å². The number of sulfonamides is 1. The lowest BCUT2D eigenvalue weighted by atomic mass is 10.1. The van der Waals surface area contributed by atoms with Gasteiger partial charge in [0.05, 0.1) is 18.1 Å². The summed E-state index contributed by atoms with van der Waals surface area (Å²) in [7, 11) is -3.64. The second-order valence-corrected chi connectivity index (χ2v) is 11.5. The number of pyridine rings is 1. The molecule has 1 N–H and O–H groups in total. The van der Waals surface area contributed by atoms with Crippen LogP contribution in [-0.2, 0) is 37.4 Å². The fraction of sp³-hybridized carbons (Fsp3) is 0.321. The van der Waals surface area contributed by atoms with E-state index in [-0.39, 0.29) is 24.0 Å². The van der Waals surface area contributed by atoms with Crippen LogP contribution in [0.5, 0.6) is 5.75 Å². The van der Waals surface area contributed by atoms with Gasteiger partial charge in [0.2, 0.25) is 15.9 Å². The van der Waals surface area contributed by atoms with Gasteiger partial charge in [0.25, 0.3) is 5.91 Å². The highest BCUT2D eigenvalue weighted by Gasteiger charge is 2.28. The second kappa shape index (κ2) is 13.7. The summed E-state index contributed by atoms with van der Waals surface area (Å²) in [5.74, 6) is -0.404. The first-order valence-corrected chi connectivity index (χ1v) is 14.6. The maximum absolute atomic E-state index is 13.3. The monoisotopic (exact) mass is 586 g/mol. The third kappa shape index (κ3) is 7.79. The summed E-state index contributed by atoms with van der Waals surface area (Å²) in [5.41, 5.74) is 1.68. The molecule has 12 heteroatoms. The molecule has 40 heavy (non-hydrogen) atoms. The Labute approximate surface area is 238 Å². The van der Waals surface area contributed by atoms with E-state index in [4.69, 9.17) is 21.1 Å². The molecule has 0 spiro atoms. The summed E-state index contributed by atoms with van der Waals surface area (Å²) >= 11 is 6.01. The molecule has 2 amide bonds. The molecule has 212 valence electrons. The zero-order valence-corrected chi connectivity index (χ0v) is 23.6. The van der Waals surface area contributed by atoms with Gasteiger partial charge >= 0.3 is 0 Å². The molecule has 2 heterocycles. The van der Waals surface area contributed by atoms with Gasteiger partial charge < -0.3 is 19.7 Å². The van der Waals surface area contributed by atoms with Gasteiger partial charge in [-0.25, -0.2) is 8.42 Å². The summed E-state index contributed by atoms with van der Waals surface area (Å²) in [4.78, 5) is 31.8. The van der Waals surface area contributed by atoms with Crippen molar-refractivity contribution in [2.45, 2.75) is 31.0 Å². The molecule has 1 atom stereocenters. The lowest BCUT2D eigenvalue weighted by Crippen LogP contribution is -2.48. The molecule has 0 bridgehead atoms. The largest absolute Gasteiger partial charge is 0.484 e. The zero-order chi connectivity index (χ0) is 28.5. The molecule has 0 aliphatic carbocycles. The van der Waals surface area contributed by atoms with Crippen LogP contribution < -0.4 is 10.1 Å². The highest BCUT2D eigenvalue weighted by molar-refractivity contribution is 7.89. The average Bonchev–Trinajstić information content (AvgIpc) is 2.99. The Balaban J connectivity index is 1.41. The normalized spacial score (nSPS) is 14.8. The third-order valence-electron chi connectivity index (χ3n) is 6.44. The number of nitrogens with zero attached hydrogens (tertiary/aromatic N) is 3. The highest BCUT2D eigenvalue weighted by atomic mass is 35.5. The predicted molar refractivity (Wildman–Crippen MR) is 149 cm³/mol. The zero-order valence-electron chi connectivity index (χ0n) is 22.0. The Morgan fingerprint density at radius 1 is 1.02 bits per heavy atom. The maximum Gasteiger partial charge on any atom is 0.261 e. The standard InChI is InChI=1S/C28H31ClN4O6S/c1-21(28(35)31-18-22-10-12-30-13-11-22)33(19-23-2-4-24(29)5-3-23)27(34)20-39-25-6-8-26(9-7-25)40(36,37)32-14-16-38-17-15-32/h2-13,21H,14-20H2,1H3,(H,31,35). The number of carbonyl (C=O) groups excluding carboxylic acids is 2. The van der Waals surface area contributed by atoms with E-state index >= 15 is 0 Å². The van der Waals surface area contributed by atoms with Crippen LogP contribution in [0.1, 0.15) is 18.1 Å². The van der Waals surface area contributed by atoms with E-state index in [2.05, 4.69) is 10.3 Å². The van der Waals surface area contributed by atoms with Gasteiger partial charge in [-0.3, -0.25) is 14.6 Å². The van der Waals surface area contributed by atoms with E-state index in [0.717, 1.165) is 11.1 Å². The van der Waals surface area contributed by atoms with Gasteiger partial charge in [-0.2, -0.15) is 4.31 Å². The SMILES string of the molecule is CC(C(=O)NCc1ccncc1)N(Cc1ccc(Cl)cc1)C(=O)COc1ccc(S(=O)(=O)N2CCOCC2)cc1. The minimum Gasteiger partial charge on any atom is -0.484 e. The topological polar surface area (TPSA) is 118 Å². The number of halogens is 1. The molecule has 0 radical (unpaired) electrons. The summed E-state index contributed by atoms with van der Waals surface area (Å²) in [6.45, 7) is 3.08. The van der Waals surface area contributed by atoms with Gasteiger partial charge in [0.1, 0.15) is 11.8 Å². The highest BCUT2D eigenvalue weighted by Crippen LogP contribution is 2.21. The molecule has 0 saturated carbocycles. The molecule has 3 aromatic rings. The van der Waals surface area contributed by atoms with Crippen molar-refractivity contribution in [3.05, 3.63) is 89.2 Å². The number of hydrogen-bond donors (Lipinski definition) is 1. The number of amides is 2. The van der Waals surface area contributed by atoms with E-state index in [0.29, 0.717) is 43.6 Å². The van der Waals surface area contributed by atoms with Crippen LogP contribution in [0.15, 0.2) is 78.0 Å². The Morgan fingerprint density at radius 3 is 2.33 bits per heavy atom. The van der Waals surface area contributed by atoms with Crippen LogP contribution in [0.2, 0.25) is 5.02 Å². The number of morpholine rings is 1. The molecular weight excluding hydrogens is 556 g/mol. The third-order valence-corrected chi connectivity index (χ3v) is 8.61. The molecule has 1 fully saturated rings. The first-order valence-electron chi connectivity index (χ1n) is 12.8. The van der Waals surface area contributed by atoms with E-state index < -0.39 is 22.0 Å².